The second-order valence-electron chi connectivity index (χ2n) is 4.98. The summed E-state index contributed by atoms with van der Waals surface area (Å²) in [6.07, 6.45) is 3.97. The Hall–Kier alpha value is -0.410. The predicted molar refractivity (Wildman–Crippen MR) is 67.8 cm³/mol. The van der Waals surface area contributed by atoms with Gasteiger partial charge in [-0.3, -0.25) is 0 Å². The van der Waals surface area contributed by atoms with Crippen molar-refractivity contribution in [2.75, 3.05) is 6.54 Å². The molecule has 88 valence electrons. The van der Waals surface area contributed by atoms with E-state index in [0.29, 0.717) is 9.89 Å². The van der Waals surface area contributed by atoms with E-state index in [-0.39, 0.29) is 5.82 Å². The van der Waals surface area contributed by atoms with Crippen molar-refractivity contribution >= 4 is 15.9 Å². The molecule has 0 saturated heterocycles. The molecule has 0 heterocycles. The van der Waals surface area contributed by atoms with Crippen LogP contribution in [0.1, 0.15) is 31.7 Å². The van der Waals surface area contributed by atoms with Gasteiger partial charge in [0.1, 0.15) is 5.82 Å². The summed E-state index contributed by atoms with van der Waals surface area (Å²) in [6.45, 7) is 4.06. The molecule has 1 aliphatic rings. The summed E-state index contributed by atoms with van der Waals surface area (Å²) >= 11 is 3.28. The lowest BCUT2D eigenvalue weighted by molar-refractivity contribution is 0.156. The van der Waals surface area contributed by atoms with Gasteiger partial charge in [-0.15, -0.1) is 0 Å². The third-order valence-corrected chi connectivity index (χ3v) is 4.35. The van der Waals surface area contributed by atoms with Gasteiger partial charge in [-0.2, -0.15) is 0 Å². The van der Waals surface area contributed by atoms with Crippen molar-refractivity contribution in [2.45, 2.75) is 32.7 Å². The molecule has 0 aromatic heterocycles. The second kappa shape index (κ2) is 4.84. The molecule has 0 unspecified atom stereocenters. The molecule has 16 heavy (non-hydrogen) atoms. The van der Waals surface area contributed by atoms with Gasteiger partial charge < -0.3 is 5.32 Å². The van der Waals surface area contributed by atoms with Crippen LogP contribution in [0.2, 0.25) is 0 Å². The van der Waals surface area contributed by atoms with E-state index in [1.54, 1.807) is 6.07 Å². The third kappa shape index (κ3) is 2.64. The highest BCUT2D eigenvalue weighted by molar-refractivity contribution is 9.10. The van der Waals surface area contributed by atoms with Crippen LogP contribution in [0.3, 0.4) is 0 Å². The maximum absolute atomic E-state index is 13.2. The van der Waals surface area contributed by atoms with Crippen molar-refractivity contribution < 1.29 is 4.39 Å². The van der Waals surface area contributed by atoms with Gasteiger partial charge in [-0.1, -0.05) is 25.5 Å². The fourth-order valence-corrected chi connectivity index (χ4v) is 2.55. The first-order valence-electron chi connectivity index (χ1n) is 5.74. The minimum absolute atomic E-state index is 0.186. The van der Waals surface area contributed by atoms with Crippen molar-refractivity contribution in [1.29, 1.82) is 0 Å². The Bertz CT molecular complexity index is 374. The molecule has 1 aromatic rings. The zero-order valence-electron chi connectivity index (χ0n) is 9.52. The topological polar surface area (TPSA) is 12.0 Å². The Labute approximate surface area is 105 Å². The number of hydrogen-bond acceptors (Lipinski definition) is 1. The van der Waals surface area contributed by atoms with Gasteiger partial charge in [-0.25, -0.2) is 4.39 Å². The molecular weight excluding hydrogens is 269 g/mol. The highest BCUT2D eigenvalue weighted by Gasteiger charge is 2.30. The largest absolute Gasteiger partial charge is 0.312 e. The number of benzene rings is 1. The minimum atomic E-state index is -0.186. The first-order chi connectivity index (χ1) is 7.61. The highest BCUT2D eigenvalue weighted by atomic mass is 79.9. The van der Waals surface area contributed by atoms with E-state index in [1.165, 1.54) is 25.3 Å². The summed E-state index contributed by atoms with van der Waals surface area (Å²) in [6, 6.07) is 5.17. The molecule has 0 radical (unpaired) electrons. The molecule has 0 bridgehead atoms. The van der Waals surface area contributed by atoms with Gasteiger partial charge in [0.25, 0.3) is 0 Å². The zero-order chi connectivity index (χ0) is 11.6. The Morgan fingerprint density at radius 2 is 2.19 bits per heavy atom. The molecule has 0 amide bonds. The number of halogens is 2. The summed E-state index contributed by atoms with van der Waals surface area (Å²) < 4.78 is 13.8. The standard InChI is InChI=1S/C13H17BrFN/c1-13(6-3-7-13)9-16-8-10-4-2-5-11(15)12(10)14/h2,4-5,16H,3,6-9H2,1H3. The fraction of sp³-hybridized carbons (Fsp3) is 0.538. The average Bonchev–Trinajstić information content (AvgIpc) is 2.22. The SMILES string of the molecule is CC1(CNCc2cccc(F)c2Br)CCC1. The quantitative estimate of drug-likeness (QED) is 0.886. The van der Waals surface area contributed by atoms with E-state index < -0.39 is 0 Å². The first kappa shape index (κ1) is 12.1. The van der Waals surface area contributed by atoms with Crippen molar-refractivity contribution in [1.82, 2.24) is 5.32 Å². The molecule has 0 atom stereocenters. The average molecular weight is 286 g/mol. The molecule has 3 heteroatoms. The van der Waals surface area contributed by atoms with E-state index in [9.17, 15) is 4.39 Å². The number of rotatable bonds is 4. The zero-order valence-corrected chi connectivity index (χ0v) is 11.1. The predicted octanol–water partition coefficient (Wildman–Crippen LogP) is 3.87. The Morgan fingerprint density at radius 3 is 2.81 bits per heavy atom. The molecule has 1 aliphatic carbocycles. The van der Waals surface area contributed by atoms with Crippen LogP contribution in [-0.4, -0.2) is 6.54 Å². The molecule has 1 aromatic carbocycles. The number of nitrogens with one attached hydrogen (secondary N) is 1. The first-order valence-corrected chi connectivity index (χ1v) is 6.54. The van der Waals surface area contributed by atoms with E-state index in [2.05, 4.69) is 28.2 Å². The summed E-state index contributed by atoms with van der Waals surface area (Å²) in [5, 5.41) is 3.42. The van der Waals surface area contributed by atoms with E-state index >= 15 is 0 Å². The highest BCUT2D eigenvalue weighted by Crippen LogP contribution is 2.39. The normalized spacial score (nSPS) is 18.2. The number of hydrogen-bond donors (Lipinski definition) is 1. The van der Waals surface area contributed by atoms with Gasteiger partial charge >= 0.3 is 0 Å². The van der Waals surface area contributed by atoms with Crippen LogP contribution < -0.4 is 5.32 Å². The maximum Gasteiger partial charge on any atom is 0.137 e. The summed E-state index contributed by atoms with van der Waals surface area (Å²) in [5.74, 6) is -0.186. The second-order valence-corrected chi connectivity index (χ2v) is 5.77. The Kier molecular flexibility index (Phi) is 3.65. The Balaban J connectivity index is 1.87. The molecule has 0 aliphatic heterocycles. The van der Waals surface area contributed by atoms with Crippen molar-refractivity contribution in [2.24, 2.45) is 5.41 Å². The maximum atomic E-state index is 13.2. The van der Waals surface area contributed by atoms with Crippen LogP contribution in [-0.2, 0) is 6.54 Å². The van der Waals surface area contributed by atoms with Gasteiger partial charge in [0, 0.05) is 13.1 Å². The van der Waals surface area contributed by atoms with Gasteiger partial charge in [-0.05, 0) is 45.8 Å². The van der Waals surface area contributed by atoms with Crippen LogP contribution in [0.5, 0.6) is 0 Å². The molecule has 1 saturated carbocycles. The molecule has 2 rings (SSSR count). The van der Waals surface area contributed by atoms with Gasteiger partial charge in [0.2, 0.25) is 0 Å². The van der Waals surface area contributed by atoms with E-state index in [1.807, 2.05) is 6.07 Å². The summed E-state index contributed by atoms with van der Waals surface area (Å²) in [5.41, 5.74) is 1.46. The van der Waals surface area contributed by atoms with Crippen LogP contribution in [0, 0.1) is 11.2 Å². The summed E-state index contributed by atoms with van der Waals surface area (Å²) in [7, 11) is 0. The minimum Gasteiger partial charge on any atom is -0.312 e. The smallest absolute Gasteiger partial charge is 0.137 e. The van der Waals surface area contributed by atoms with Crippen LogP contribution in [0.4, 0.5) is 4.39 Å². The Morgan fingerprint density at radius 1 is 1.44 bits per heavy atom. The van der Waals surface area contributed by atoms with Crippen molar-refractivity contribution in [3.63, 3.8) is 0 Å². The third-order valence-electron chi connectivity index (χ3n) is 3.46. The molecule has 1 nitrogen and oxygen atoms in total. The molecular formula is C13H17BrFN. The van der Waals surface area contributed by atoms with E-state index in [4.69, 9.17) is 0 Å². The van der Waals surface area contributed by atoms with Crippen molar-refractivity contribution in [3.05, 3.63) is 34.1 Å². The molecule has 0 spiro atoms. The van der Waals surface area contributed by atoms with Crippen LogP contribution in [0.25, 0.3) is 0 Å². The van der Waals surface area contributed by atoms with Crippen LogP contribution in [0.15, 0.2) is 22.7 Å². The molecule has 1 fully saturated rings. The van der Waals surface area contributed by atoms with Gasteiger partial charge in [0.15, 0.2) is 0 Å². The lowest BCUT2D eigenvalue weighted by Gasteiger charge is -2.38. The van der Waals surface area contributed by atoms with Gasteiger partial charge in [0.05, 0.1) is 4.47 Å². The lowest BCUT2D eigenvalue weighted by Crippen LogP contribution is -2.37. The summed E-state index contributed by atoms with van der Waals surface area (Å²) in [4.78, 5) is 0. The van der Waals surface area contributed by atoms with Crippen molar-refractivity contribution in [3.8, 4) is 0 Å². The van der Waals surface area contributed by atoms with E-state index in [0.717, 1.165) is 18.7 Å². The lowest BCUT2D eigenvalue weighted by atomic mass is 9.70. The molecule has 1 N–H and O–H groups in total. The monoisotopic (exact) mass is 285 g/mol. The van der Waals surface area contributed by atoms with Crippen LogP contribution >= 0.6 is 15.9 Å². The fourth-order valence-electron chi connectivity index (χ4n) is 2.14.